The van der Waals surface area contributed by atoms with E-state index < -0.39 is 11.8 Å². The molecule has 3 rings (SSSR count). The molecule has 2 aromatic carbocycles. The van der Waals surface area contributed by atoms with Crippen LogP contribution < -0.4 is 45.3 Å². The van der Waals surface area contributed by atoms with Crippen LogP contribution >= 0.6 is 0 Å². The van der Waals surface area contributed by atoms with Gasteiger partial charge < -0.3 is 20.5 Å². The number of carbonyl (C=O) groups excluding carboxylic acids is 1. The van der Waals surface area contributed by atoms with Crippen molar-refractivity contribution in [1.82, 2.24) is 15.0 Å². The first-order valence-corrected chi connectivity index (χ1v) is 6.82. The van der Waals surface area contributed by atoms with Crippen LogP contribution in [0.1, 0.15) is 10.6 Å². The molecule has 0 aliphatic rings. The van der Waals surface area contributed by atoms with Crippen molar-refractivity contribution in [2.45, 2.75) is 0 Å². The summed E-state index contributed by atoms with van der Waals surface area (Å²) in [6, 6.07) is 18.3. The molecule has 0 amide bonds. The topological polar surface area (TPSA) is 103 Å². The molecule has 0 bridgehead atoms. The average molecular weight is 329 g/mol. The molecular weight excluding hydrogens is 317 g/mol. The molecule has 0 aliphatic heterocycles. The number of aromatic carboxylic acids is 1. The Labute approximate surface area is 160 Å². The number of aromatic nitrogens is 3. The van der Waals surface area contributed by atoms with E-state index in [0.717, 1.165) is 11.4 Å². The molecule has 114 valence electrons. The van der Waals surface area contributed by atoms with Gasteiger partial charge in [0, 0.05) is 11.4 Å². The molecule has 1 aromatic heterocycles. The summed E-state index contributed by atoms with van der Waals surface area (Å²) >= 11 is 0. The minimum Gasteiger partial charge on any atom is -0.541 e. The number of hydrogen-bond acceptors (Lipinski definition) is 7. The van der Waals surface area contributed by atoms with Crippen LogP contribution in [0, 0.1) is 0 Å². The fourth-order valence-electron chi connectivity index (χ4n) is 1.88. The summed E-state index contributed by atoms with van der Waals surface area (Å²) in [6.45, 7) is 0. The van der Waals surface area contributed by atoms with Crippen molar-refractivity contribution in [3.05, 3.63) is 66.5 Å². The van der Waals surface area contributed by atoms with E-state index >= 15 is 0 Å². The van der Waals surface area contributed by atoms with Crippen LogP contribution in [-0.2, 0) is 0 Å². The van der Waals surface area contributed by atoms with Crippen molar-refractivity contribution >= 4 is 29.2 Å². The molecule has 0 spiro atoms. The van der Waals surface area contributed by atoms with Gasteiger partial charge in [-0.15, -0.1) is 0 Å². The Morgan fingerprint density at radius 3 is 1.54 bits per heavy atom. The van der Waals surface area contributed by atoms with Crippen LogP contribution in [-0.4, -0.2) is 20.9 Å². The van der Waals surface area contributed by atoms with Gasteiger partial charge in [0.2, 0.25) is 11.9 Å². The van der Waals surface area contributed by atoms with Crippen molar-refractivity contribution < 1.29 is 39.5 Å². The van der Waals surface area contributed by atoms with E-state index in [2.05, 4.69) is 25.6 Å². The molecule has 24 heavy (non-hydrogen) atoms. The molecule has 0 radical (unpaired) electrons. The van der Waals surface area contributed by atoms with E-state index in [0.29, 0.717) is 0 Å². The zero-order chi connectivity index (χ0) is 16.1. The number of carboxylic acid groups (broad SMARTS) is 1. The van der Waals surface area contributed by atoms with E-state index in [1.165, 1.54) is 0 Å². The Morgan fingerprint density at radius 2 is 1.17 bits per heavy atom. The molecule has 0 atom stereocenters. The normalized spacial score (nSPS) is 9.67. The van der Waals surface area contributed by atoms with Crippen LogP contribution in [0.3, 0.4) is 0 Å². The summed E-state index contributed by atoms with van der Waals surface area (Å²) in [5.74, 6) is -1.69. The Morgan fingerprint density at radius 1 is 0.750 bits per heavy atom. The molecule has 0 fully saturated rings. The quantitative estimate of drug-likeness (QED) is 0.562. The van der Waals surface area contributed by atoms with Gasteiger partial charge in [0.1, 0.15) is 5.97 Å². The monoisotopic (exact) mass is 329 g/mol. The number of rotatable bonds is 5. The van der Waals surface area contributed by atoms with Crippen molar-refractivity contribution in [2.24, 2.45) is 0 Å². The van der Waals surface area contributed by atoms with Gasteiger partial charge in [-0.3, -0.25) is 0 Å². The summed E-state index contributed by atoms with van der Waals surface area (Å²) < 4.78 is 0. The molecule has 0 saturated heterocycles. The average Bonchev–Trinajstić information content (AvgIpc) is 2.56. The van der Waals surface area contributed by atoms with Gasteiger partial charge in [-0.25, -0.2) is 0 Å². The van der Waals surface area contributed by atoms with Gasteiger partial charge in [-0.05, 0) is 24.3 Å². The minimum absolute atomic E-state index is 0. The standard InChI is InChI=1S/C16H13N5O2.Na/c22-14(23)13-19-15(17-11-7-3-1-4-8-11)21-16(20-13)18-12-9-5-2-6-10-12;/h1-10H,(H,22,23)(H2,17,18,19,20,21);/q;+1/p-1. The molecular formula is C16H12N5NaO2. The number of carboxylic acids is 1. The smallest absolute Gasteiger partial charge is 0.541 e. The largest absolute Gasteiger partial charge is 1.00 e. The fourth-order valence-corrected chi connectivity index (χ4v) is 1.88. The van der Waals surface area contributed by atoms with Gasteiger partial charge in [0.05, 0.1) is 0 Å². The first kappa shape index (κ1) is 17.9. The molecule has 7 nitrogen and oxygen atoms in total. The zero-order valence-electron chi connectivity index (χ0n) is 12.9. The Hall–Kier alpha value is -2.48. The van der Waals surface area contributed by atoms with Gasteiger partial charge in [-0.1, -0.05) is 36.4 Å². The summed E-state index contributed by atoms with van der Waals surface area (Å²) in [4.78, 5) is 22.9. The number of carbonyl (C=O) groups is 1. The summed E-state index contributed by atoms with van der Waals surface area (Å²) in [5, 5.41) is 17.0. The second-order valence-corrected chi connectivity index (χ2v) is 4.58. The second kappa shape index (κ2) is 8.39. The molecule has 8 heteroatoms. The number of nitrogens with one attached hydrogen (secondary N) is 2. The number of anilines is 4. The third kappa shape index (κ3) is 4.76. The zero-order valence-corrected chi connectivity index (χ0v) is 14.9. The molecule has 2 N–H and O–H groups in total. The van der Waals surface area contributed by atoms with Crippen LogP contribution in [0.5, 0.6) is 0 Å². The maximum atomic E-state index is 11.1. The summed E-state index contributed by atoms with van der Waals surface area (Å²) in [6.07, 6.45) is 0. The number of hydrogen-bond donors (Lipinski definition) is 2. The van der Waals surface area contributed by atoms with Crippen LogP contribution in [0.25, 0.3) is 0 Å². The first-order chi connectivity index (χ1) is 11.2. The van der Waals surface area contributed by atoms with Crippen molar-refractivity contribution in [3.8, 4) is 0 Å². The van der Waals surface area contributed by atoms with Gasteiger partial charge >= 0.3 is 29.6 Å². The summed E-state index contributed by atoms with van der Waals surface area (Å²) in [5.41, 5.74) is 1.46. The van der Waals surface area contributed by atoms with E-state index in [1.807, 2.05) is 60.7 Å². The van der Waals surface area contributed by atoms with Gasteiger partial charge in [0.15, 0.2) is 5.82 Å². The third-order valence-electron chi connectivity index (χ3n) is 2.88. The number of para-hydroxylation sites is 2. The van der Waals surface area contributed by atoms with Crippen molar-refractivity contribution in [2.75, 3.05) is 10.6 Å². The van der Waals surface area contributed by atoms with E-state index in [1.54, 1.807) is 0 Å². The maximum Gasteiger partial charge on any atom is 1.00 e. The van der Waals surface area contributed by atoms with E-state index in [9.17, 15) is 9.90 Å². The second-order valence-electron chi connectivity index (χ2n) is 4.58. The van der Waals surface area contributed by atoms with Crippen molar-refractivity contribution in [3.63, 3.8) is 0 Å². The number of nitrogens with zero attached hydrogens (tertiary/aromatic N) is 3. The van der Waals surface area contributed by atoms with E-state index in [4.69, 9.17) is 0 Å². The van der Waals surface area contributed by atoms with Crippen LogP contribution in [0.4, 0.5) is 23.3 Å². The Kier molecular flexibility index (Phi) is 6.25. The summed E-state index contributed by atoms with van der Waals surface area (Å²) in [7, 11) is 0. The maximum absolute atomic E-state index is 11.1. The minimum atomic E-state index is -1.47. The predicted molar refractivity (Wildman–Crippen MR) is 83.6 cm³/mol. The predicted octanol–water partition coefficient (Wildman–Crippen LogP) is -1.27. The van der Waals surface area contributed by atoms with Crippen molar-refractivity contribution in [1.29, 1.82) is 0 Å². The Bertz CT molecular complexity index is 755. The molecule has 1 heterocycles. The molecule has 0 saturated carbocycles. The van der Waals surface area contributed by atoms with Crippen LogP contribution in [0.15, 0.2) is 60.7 Å². The third-order valence-corrected chi connectivity index (χ3v) is 2.88. The van der Waals surface area contributed by atoms with E-state index in [-0.39, 0.29) is 41.5 Å². The first-order valence-electron chi connectivity index (χ1n) is 6.82. The SMILES string of the molecule is O=C([O-])c1nc(Nc2ccccc2)nc(Nc2ccccc2)n1.[Na+]. The van der Waals surface area contributed by atoms with Crippen LogP contribution in [0.2, 0.25) is 0 Å². The fraction of sp³-hybridized carbons (Fsp3) is 0. The molecule has 0 unspecified atom stereocenters. The molecule has 0 aliphatic carbocycles. The molecule has 3 aromatic rings. The van der Waals surface area contributed by atoms with Gasteiger partial charge in [0.25, 0.3) is 0 Å². The number of benzene rings is 2. The Balaban J connectivity index is 0.00000208. The van der Waals surface area contributed by atoms with Gasteiger partial charge in [-0.2, -0.15) is 15.0 Å².